The second-order valence-electron chi connectivity index (χ2n) is 6.86. The first-order valence-corrected chi connectivity index (χ1v) is 7.34. The zero-order chi connectivity index (χ0) is 11.9. The van der Waals surface area contributed by atoms with Crippen LogP contribution < -0.4 is 5.32 Å². The number of likely N-dealkylation sites (tertiary alicyclic amines) is 2. The predicted octanol–water partition coefficient (Wildman–Crippen LogP) is 1.01. The van der Waals surface area contributed by atoms with Gasteiger partial charge in [-0.25, -0.2) is 0 Å². The fourth-order valence-corrected chi connectivity index (χ4v) is 3.84. The Bertz CT molecular complexity index is 257. The normalized spacial score (nSPS) is 30.5. The van der Waals surface area contributed by atoms with Gasteiger partial charge in [-0.15, -0.1) is 0 Å². The van der Waals surface area contributed by atoms with Crippen molar-refractivity contribution in [2.24, 2.45) is 11.3 Å². The van der Waals surface area contributed by atoms with Crippen LogP contribution in [-0.2, 0) is 0 Å². The van der Waals surface area contributed by atoms with Crippen molar-refractivity contribution in [3.63, 3.8) is 0 Å². The lowest BCUT2D eigenvalue weighted by molar-refractivity contribution is -0.129. The molecule has 1 spiro atoms. The Morgan fingerprint density at radius 2 is 1.76 bits per heavy atom. The Morgan fingerprint density at radius 1 is 1.12 bits per heavy atom. The van der Waals surface area contributed by atoms with E-state index in [9.17, 15) is 0 Å². The highest BCUT2D eigenvalue weighted by molar-refractivity contribution is 5.06. The van der Waals surface area contributed by atoms with Gasteiger partial charge in [0.1, 0.15) is 0 Å². The van der Waals surface area contributed by atoms with E-state index in [1.807, 2.05) is 0 Å². The topological polar surface area (TPSA) is 18.5 Å². The molecule has 3 rings (SSSR count). The predicted molar refractivity (Wildman–Crippen MR) is 71.2 cm³/mol. The molecule has 1 N–H and O–H groups in total. The summed E-state index contributed by atoms with van der Waals surface area (Å²) in [7, 11) is 0. The van der Waals surface area contributed by atoms with E-state index in [4.69, 9.17) is 0 Å². The first kappa shape index (κ1) is 11.9. The largest absolute Gasteiger partial charge is 0.317 e. The third-order valence-corrected chi connectivity index (χ3v) is 4.90. The monoisotopic (exact) mass is 237 g/mol. The van der Waals surface area contributed by atoms with Crippen LogP contribution in [0.4, 0.5) is 0 Å². The molecule has 3 fully saturated rings. The molecule has 0 radical (unpaired) electrons. The third-order valence-electron chi connectivity index (χ3n) is 4.90. The van der Waals surface area contributed by atoms with E-state index in [-0.39, 0.29) is 0 Å². The molecule has 0 unspecified atom stereocenters. The number of piperidine rings is 1. The van der Waals surface area contributed by atoms with Crippen LogP contribution in [0.25, 0.3) is 0 Å². The summed E-state index contributed by atoms with van der Waals surface area (Å²) < 4.78 is 0. The lowest BCUT2D eigenvalue weighted by Crippen LogP contribution is -2.73. The van der Waals surface area contributed by atoms with E-state index in [1.165, 1.54) is 58.7 Å². The summed E-state index contributed by atoms with van der Waals surface area (Å²) in [6.07, 6.45) is 2.78. The summed E-state index contributed by atoms with van der Waals surface area (Å²) in [5.74, 6) is 0.967. The van der Waals surface area contributed by atoms with Gasteiger partial charge in [0.15, 0.2) is 0 Å². The van der Waals surface area contributed by atoms with Crippen LogP contribution >= 0.6 is 0 Å². The first-order chi connectivity index (χ1) is 8.17. The average Bonchev–Trinajstić information content (AvgIpc) is 2.20. The molecule has 0 aromatic heterocycles. The number of hydrogen-bond acceptors (Lipinski definition) is 3. The van der Waals surface area contributed by atoms with Crippen LogP contribution in [0.3, 0.4) is 0 Å². The van der Waals surface area contributed by atoms with E-state index in [0.29, 0.717) is 5.41 Å². The van der Waals surface area contributed by atoms with E-state index in [0.717, 1.165) is 12.0 Å². The molecule has 3 nitrogen and oxygen atoms in total. The maximum absolute atomic E-state index is 3.46. The van der Waals surface area contributed by atoms with Gasteiger partial charge in [-0.3, -0.25) is 4.90 Å². The van der Waals surface area contributed by atoms with E-state index in [1.54, 1.807) is 0 Å². The van der Waals surface area contributed by atoms with Crippen molar-refractivity contribution in [3.05, 3.63) is 0 Å². The molecule has 3 heterocycles. The molecular formula is C14H27N3. The molecule has 0 atom stereocenters. The highest BCUT2D eigenvalue weighted by Crippen LogP contribution is 2.40. The Morgan fingerprint density at radius 3 is 2.35 bits per heavy atom. The minimum absolute atomic E-state index is 0.706. The standard InChI is InChI=1S/C14H27N3/c1-12(2)17-10-14(11-17)8-16(9-14)7-13-3-5-15-6-4-13/h12-13,15H,3-11H2,1-2H3. The van der Waals surface area contributed by atoms with Gasteiger partial charge in [-0.05, 0) is 45.7 Å². The number of rotatable bonds is 3. The molecule has 98 valence electrons. The molecule has 0 amide bonds. The summed E-state index contributed by atoms with van der Waals surface area (Å²) in [5, 5.41) is 3.46. The summed E-state index contributed by atoms with van der Waals surface area (Å²) in [4.78, 5) is 5.32. The molecule has 0 aromatic rings. The summed E-state index contributed by atoms with van der Waals surface area (Å²) in [5.41, 5.74) is 0.706. The number of hydrogen-bond donors (Lipinski definition) is 1. The van der Waals surface area contributed by atoms with Gasteiger partial charge >= 0.3 is 0 Å². The molecule has 17 heavy (non-hydrogen) atoms. The quantitative estimate of drug-likeness (QED) is 0.790. The molecule has 0 aliphatic carbocycles. The van der Waals surface area contributed by atoms with Gasteiger partial charge < -0.3 is 10.2 Å². The van der Waals surface area contributed by atoms with Crippen LogP contribution in [-0.4, -0.2) is 61.7 Å². The van der Waals surface area contributed by atoms with Crippen LogP contribution in [0, 0.1) is 11.3 Å². The van der Waals surface area contributed by atoms with Gasteiger partial charge in [-0.1, -0.05) is 0 Å². The van der Waals surface area contributed by atoms with Crippen LogP contribution in [0.5, 0.6) is 0 Å². The second kappa shape index (κ2) is 4.52. The second-order valence-corrected chi connectivity index (χ2v) is 6.86. The van der Waals surface area contributed by atoms with Gasteiger partial charge in [0.05, 0.1) is 0 Å². The van der Waals surface area contributed by atoms with Crippen molar-refractivity contribution in [2.45, 2.75) is 32.7 Å². The fraction of sp³-hybridized carbons (Fsp3) is 1.00. The molecule has 0 bridgehead atoms. The van der Waals surface area contributed by atoms with Crippen molar-refractivity contribution in [3.8, 4) is 0 Å². The molecule has 3 heteroatoms. The first-order valence-electron chi connectivity index (χ1n) is 7.34. The molecule has 0 aromatic carbocycles. The Balaban J connectivity index is 1.37. The molecule has 3 aliphatic heterocycles. The highest BCUT2D eigenvalue weighted by atomic mass is 15.3. The Labute approximate surface area is 106 Å². The molecule has 0 saturated carbocycles. The molecular weight excluding hydrogens is 210 g/mol. The lowest BCUT2D eigenvalue weighted by atomic mass is 9.72. The number of nitrogens with one attached hydrogen (secondary N) is 1. The van der Waals surface area contributed by atoms with Gasteiger partial charge in [0, 0.05) is 44.2 Å². The van der Waals surface area contributed by atoms with Gasteiger partial charge in [0.2, 0.25) is 0 Å². The zero-order valence-corrected chi connectivity index (χ0v) is 11.4. The van der Waals surface area contributed by atoms with E-state index >= 15 is 0 Å². The highest BCUT2D eigenvalue weighted by Gasteiger charge is 2.51. The van der Waals surface area contributed by atoms with Gasteiger partial charge in [0.25, 0.3) is 0 Å². The zero-order valence-electron chi connectivity index (χ0n) is 11.4. The minimum Gasteiger partial charge on any atom is -0.317 e. The number of nitrogens with zero attached hydrogens (tertiary/aromatic N) is 2. The maximum atomic E-state index is 3.46. The Kier molecular flexibility index (Phi) is 3.18. The minimum atomic E-state index is 0.706. The average molecular weight is 237 g/mol. The van der Waals surface area contributed by atoms with Crippen LogP contribution in [0.2, 0.25) is 0 Å². The molecule has 3 saturated heterocycles. The summed E-state index contributed by atoms with van der Waals surface area (Å²) >= 11 is 0. The van der Waals surface area contributed by atoms with Crippen LogP contribution in [0.15, 0.2) is 0 Å². The maximum Gasteiger partial charge on any atom is 0.0212 e. The smallest absolute Gasteiger partial charge is 0.0212 e. The third kappa shape index (κ3) is 2.38. The Hall–Kier alpha value is -0.120. The van der Waals surface area contributed by atoms with E-state index in [2.05, 4.69) is 29.0 Å². The van der Waals surface area contributed by atoms with E-state index < -0.39 is 0 Å². The SMILES string of the molecule is CC(C)N1CC2(CN(CC3CCNCC3)C2)C1. The summed E-state index contributed by atoms with van der Waals surface area (Å²) in [6, 6.07) is 0.749. The van der Waals surface area contributed by atoms with Crippen LogP contribution in [0.1, 0.15) is 26.7 Å². The fourth-order valence-electron chi connectivity index (χ4n) is 3.84. The molecule has 3 aliphatic rings. The lowest BCUT2D eigenvalue weighted by Gasteiger charge is -2.62. The van der Waals surface area contributed by atoms with Crippen molar-refractivity contribution >= 4 is 0 Å². The van der Waals surface area contributed by atoms with Crippen molar-refractivity contribution in [2.75, 3.05) is 45.8 Å². The van der Waals surface area contributed by atoms with Crippen molar-refractivity contribution in [1.29, 1.82) is 0 Å². The van der Waals surface area contributed by atoms with Crippen molar-refractivity contribution < 1.29 is 0 Å². The van der Waals surface area contributed by atoms with Gasteiger partial charge in [-0.2, -0.15) is 0 Å². The summed E-state index contributed by atoms with van der Waals surface area (Å²) in [6.45, 7) is 13.9. The van der Waals surface area contributed by atoms with Crippen molar-refractivity contribution in [1.82, 2.24) is 15.1 Å².